The molecule has 0 atom stereocenters. The van der Waals surface area contributed by atoms with E-state index in [1.165, 1.54) is 25.3 Å². The van der Waals surface area contributed by atoms with Crippen LogP contribution in [0.5, 0.6) is 11.5 Å². The van der Waals surface area contributed by atoms with E-state index in [4.69, 9.17) is 9.47 Å². The largest absolute Gasteiger partial charge is 0.493 e. The lowest BCUT2D eigenvalue weighted by molar-refractivity contribution is -0.153. The summed E-state index contributed by atoms with van der Waals surface area (Å²) >= 11 is 0. The van der Waals surface area contributed by atoms with Crippen LogP contribution in [0.15, 0.2) is 47.5 Å². The molecular formula is C20H24F4IN3O2. The molecule has 0 unspecified atom stereocenters. The number of aliphatic imine (C=N–C) groups is 1. The third kappa shape index (κ3) is 9.06. The molecule has 0 amide bonds. The average Bonchev–Trinajstić information content (AvgIpc) is 2.68. The van der Waals surface area contributed by atoms with E-state index in [9.17, 15) is 17.6 Å². The molecule has 5 nitrogen and oxygen atoms in total. The summed E-state index contributed by atoms with van der Waals surface area (Å²) in [6.45, 7) is 1.79. The molecule has 0 aliphatic heterocycles. The molecule has 0 spiro atoms. The Balaban J connectivity index is 0.00000450. The molecule has 0 fully saturated rings. The first-order valence-corrected chi connectivity index (χ1v) is 8.94. The minimum absolute atomic E-state index is 0. The summed E-state index contributed by atoms with van der Waals surface area (Å²) < 4.78 is 60.2. The summed E-state index contributed by atoms with van der Waals surface area (Å²) in [6.07, 6.45) is -4.43. The first kappa shape index (κ1) is 25.8. The van der Waals surface area contributed by atoms with Crippen molar-refractivity contribution in [1.82, 2.24) is 10.6 Å². The van der Waals surface area contributed by atoms with Crippen LogP contribution in [0.2, 0.25) is 0 Å². The van der Waals surface area contributed by atoms with Crippen LogP contribution in [-0.4, -0.2) is 32.4 Å². The van der Waals surface area contributed by atoms with Gasteiger partial charge < -0.3 is 20.1 Å². The lowest BCUT2D eigenvalue weighted by Crippen LogP contribution is -2.36. The first-order valence-electron chi connectivity index (χ1n) is 8.94. The van der Waals surface area contributed by atoms with Gasteiger partial charge in [-0.05, 0) is 42.3 Å². The zero-order valence-corrected chi connectivity index (χ0v) is 18.9. The molecule has 0 saturated heterocycles. The van der Waals surface area contributed by atoms with Crippen LogP contribution >= 0.6 is 24.0 Å². The molecule has 2 aromatic rings. The van der Waals surface area contributed by atoms with Crippen molar-refractivity contribution in [3.63, 3.8) is 0 Å². The maximum absolute atomic E-state index is 13.3. The molecule has 10 heteroatoms. The maximum Gasteiger partial charge on any atom is 0.422 e. The number of methoxy groups -OCH3 is 1. The van der Waals surface area contributed by atoms with Gasteiger partial charge in [-0.15, -0.1) is 24.0 Å². The van der Waals surface area contributed by atoms with Gasteiger partial charge in [-0.3, -0.25) is 0 Å². The molecular weight excluding hydrogens is 517 g/mol. The van der Waals surface area contributed by atoms with Gasteiger partial charge in [-0.2, -0.15) is 13.2 Å². The van der Waals surface area contributed by atoms with Gasteiger partial charge in [0.1, 0.15) is 5.82 Å². The summed E-state index contributed by atoms with van der Waals surface area (Å²) in [5.41, 5.74) is 1.49. The van der Waals surface area contributed by atoms with Crippen molar-refractivity contribution in [2.75, 3.05) is 20.3 Å². The molecule has 0 heterocycles. The summed E-state index contributed by atoms with van der Waals surface area (Å²) in [4.78, 5) is 4.40. The molecule has 166 valence electrons. The minimum atomic E-state index is -4.43. The summed E-state index contributed by atoms with van der Waals surface area (Å²) in [5.74, 6) is 0.416. The third-order valence-electron chi connectivity index (χ3n) is 3.73. The van der Waals surface area contributed by atoms with Crippen molar-refractivity contribution in [2.24, 2.45) is 4.99 Å². The van der Waals surface area contributed by atoms with Crippen molar-refractivity contribution in [3.8, 4) is 11.5 Å². The SMILES string of the molecule is CCNC(=NCc1cccc(F)c1)NCc1ccc(OCC(F)(F)F)c(OC)c1.I. The quantitative estimate of drug-likeness (QED) is 0.221. The molecule has 0 radical (unpaired) electrons. The standard InChI is InChI=1S/C20H23F4N3O2.HI/c1-3-25-19(26-11-14-5-4-6-16(21)9-14)27-12-15-7-8-17(18(10-15)28-2)29-13-20(22,23)24;/h4-10H,3,11-13H2,1-2H3,(H2,25,26,27);1H. The van der Waals surface area contributed by atoms with Crippen LogP contribution in [0.3, 0.4) is 0 Å². The zero-order chi connectivity index (χ0) is 21.3. The van der Waals surface area contributed by atoms with Gasteiger partial charge in [0.15, 0.2) is 24.1 Å². The molecule has 0 bridgehead atoms. The number of hydrogen-bond donors (Lipinski definition) is 2. The Morgan fingerprint density at radius 1 is 1.03 bits per heavy atom. The number of halogens is 5. The van der Waals surface area contributed by atoms with Crippen molar-refractivity contribution in [1.29, 1.82) is 0 Å². The van der Waals surface area contributed by atoms with Gasteiger partial charge >= 0.3 is 6.18 Å². The van der Waals surface area contributed by atoms with Crippen LogP contribution in [0.25, 0.3) is 0 Å². The van der Waals surface area contributed by atoms with Gasteiger partial charge in [0.25, 0.3) is 0 Å². The second-order valence-electron chi connectivity index (χ2n) is 6.07. The predicted molar refractivity (Wildman–Crippen MR) is 118 cm³/mol. The molecule has 0 aromatic heterocycles. The average molecular weight is 541 g/mol. The van der Waals surface area contributed by atoms with E-state index in [-0.39, 0.29) is 41.3 Å². The molecule has 0 saturated carbocycles. The Bertz CT molecular complexity index is 832. The highest BCUT2D eigenvalue weighted by Crippen LogP contribution is 2.29. The Labute approximate surface area is 189 Å². The predicted octanol–water partition coefficient (Wildman–Crippen LogP) is 4.65. The maximum atomic E-state index is 13.3. The number of nitrogens with zero attached hydrogens (tertiary/aromatic N) is 1. The number of nitrogens with one attached hydrogen (secondary N) is 2. The van der Waals surface area contributed by atoms with Gasteiger partial charge in [0.2, 0.25) is 0 Å². The van der Waals surface area contributed by atoms with E-state index >= 15 is 0 Å². The van der Waals surface area contributed by atoms with E-state index in [1.54, 1.807) is 24.3 Å². The highest BCUT2D eigenvalue weighted by Gasteiger charge is 2.29. The number of alkyl halides is 3. The second-order valence-corrected chi connectivity index (χ2v) is 6.07. The number of benzene rings is 2. The highest BCUT2D eigenvalue weighted by molar-refractivity contribution is 14.0. The lowest BCUT2D eigenvalue weighted by Gasteiger charge is -2.15. The van der Waals surface area contributed by atoms with E-state index in [2.05, 4.69) is 15.6 Å². The molecule has 2 N–H and O–H groups in total. The van der Waals surface area contributed by atoms with Gasteiger partial charge in [0.05, 0.1) is 13.7 Å². The van der Waals surface area contributed by atoms with Crippen molar-refractivity contribution in [3.05, 3.63) is 59.4 Å². The first-order chi connectivity index (χ1) is 13.8. The fourth-order valence-corrected chi connectivity index (χ4v) is 2.43. The van der Waals surface area contributed by atoms with Gasteiger partial charge in [-0.1, -0.05) is 18.2 Å². The molecule has 2 rings (SSSR count). The third-order valence-corrected chi connectivity index (χ3v) is 3.73. The zero-order valence-electron chi connectivity index (χ0n) is 16.6. The van der Waals surface area contributed by atoms with Crippen molar-refractivity contribution >= 4 is 29.9 Å². The molecule has 0 aliphatic carbocycles. The molecule has 2 aromatic carbocycles. The Hall–Kier alpha value is -2.24. The molecule has 30 heavy (non-hydrogen) atoms. The van der Waals surface area contributed by atoms with Gasteiger partial charge in [0, 0.05) is 13.1 Å². The highest BCUT2D eigenvalue weighted by atomic mass is 127. The topological polar surface area (TPSA) is 54.9 Å². The van der Waals surface area contributed by atoms with Crippen molar-refractivity contribution < 1.29 is 27.0 Å². The van der Waals surface area contributed by atoms with E-state index < -0.39 is 12.8 Å². The summed E-state index contributed by atoms with van der Waals surface area (Å²) in [5, 5.41) is 6.20. The van der Waals surface area contributed by atoms with Crippen LogP contribution in [-0.2, 0) is 13.1 Å². The summed E-state index contributed by atoms with van der Waals surface area (Å²) in [7, 11) is 1.36. The summed E-state index contributed by atoms with van der Waals surface area (Å²) in [6, 6.07) is 10.8. The normalized spacial score (nSPS) is 11.5. The number of hydrogen-bond acceptors (Lipinski definition) is 3. The van der Waals surface area contributed by atoms with Crippen LogP contribution in [0, 0.1) is 5.82 Å². The van der Waals surface area contributed by atoms with Crippen LogP contribution in [0.4, 0.5) is 17.6 Å². The van der Waals surface area contributed by atoms with E-state index in [0.717, 1.165) is 11.1 Å². The fraction of sp³-hybridized carbons (Fsp3) is 0.350. The van der Waals surface area contributed by atoms with Crippen LogP contribution in [0.1, 0.15) is 18.1 Å². The fourth-order valence-electron chi connectivity index (χ4n) is 2.43. The number of rotatable bonds is 8. The minimum Gasteiger partial charge on any atom is -0.493 e. The van der Waals surface area contributed by atoms with Crippen LogP contribution < -0.4 is 20.1 Å². The Morgan fingerprint density at radius 2 is 1.80 bits per heavy atom. The number of ether oxygens (including phenoxy) is 2. The monoisotopic (exact) mass is 541 g/mol. The van der Waals surface area contributed by atoms with E-state index in [1.807, 2.05) is 6.92 Å². The van der Waals surface area contributed by atoms with Crippen molar-refractivity contribution in [2.45, 2.75) is 26.2 Å². The van der Waals surface area contributed by atoms with E-state index in [0.29, 0.717) is 25.6 Å². The Morgan fingerprint density at radius 3 is 2.43 bits per heavy atom. The van der Waals surface area contributed by atoms with Gasteiger partial charge in [-0.25, -0.2) is 9.38 Å². The second kappa shape index (κ2) is 12.5. The Kier molecular flexibility index (Phi) is 10.7. The lowest BCUT2D eigenvalue weighted by atomic mass is 10.2. The smallest absolute Gasteiger partial charge is 0.422 e. The molecule has 0 aliphatic rings. The number of guanidine groups is 1.